The highest BCUT2D eigenvalue weighted by Gasteiger charge is 2.20. The fraction of sp³-hybridized carbons (Fsp3) is 0.364. The smallest absolute Gasteiger partial charge is 0.335 e. The molecule has 0 saturated heterocycles. The van der Waals surface area contributed by atoms with Gasteiger partial charge in [0, 0.05) is 12.1 Å². The molecule has 15 heavy (non-hydrogen) atoms. The van der Waals surface area contributed by atoms with Gasteiger partial charge in [-0.2, -0.15) is 0 Å². The van der Waals surface area contributed by atoms with Crippen LogP contribution < -0.4 is 10.6 Å². The normalized spacial score (nSPS) is 23.6. The summed E-state index contributed by atoms with van der Waals surface area (Å²) in [5.74, 6) is -0.897. The summed E-state index contributed by atoms with van der Waals surface area (Å²) in [7, 11) is 0. The van der Waals surface area contributed by atoms with E-state index in [-0.39, 0.29) is 0 Å². The fourth-order valence-corrected chi connectivity index (χ4v) is 1.66. The lowest BCUT2D eigenvalue weighted by Crippen LogP contribution is -2.38. The van der Waals surface area contributed by atoms with Gasteiger partial charge in [0.05, 0.1) is 16.9 Å². The van der Waals surface area contributed by atoms with Crippen LogP contribution in [0, 0.1) is 0 Å². The van der Waals surface area contributed by atoms with E-state index in [2.05, 4.69) is 24.5 Å². The van der Waals surface area contributed by atoms with Gasteiger partial charge in [-0.3, -0.25) is 0 Å². The highest BCUT2D eigenvalue weighted by Crippen LogP contribution is 2.29. The number of hydrogen-bond donors (Lipinski definition) is 3. The average molecular weight is 206 g/mol. The molecular formula is C11H14N2O2. The quantitative estimate of drug-likeness (QED) is 0.657. The third-order valence-electron chi connectivity index (χ3n) is 2.78. The number of aromatic carboxylic acids is 1. The van der Waals surface area contributed by atoms with Gasteiger partial charge in [-0.15, -0.1) is 0 Å². The largest absolute Gasteiger partial charge is 0.478 e. The van der Waals surface area contributed by atoms with E-state index in [1.807, 2.05) is 0 Å². The summed E-state index contributed by atoms with van der Waals surface area (Å²) in [5, 5.41) is 15.5. The van der Waals surface area contributed by atoms with Gasteiger partial charge >= 0.3 is 5.97 Å². The van der Waals surface area contributed by atoms with Crippen LogP contribution >= 0.6 is 0 Å². The van der Waals surface area contributed by atoms with Crippen LogP contribution in [0.5, 0.6) is 0 Å². The predicted molar refractivity (Wildman–Crippen MR) is 59.6 cm³/mol. The van der Waals surface area contributed by atoms with Gasteiger partial charge in [-0.25, -0.2) is 4.79 Å². The van der Waals surface area contributed by atoms with Gasteiger partial charge in [0.25, 0.3) is 0 Å². The summed E-state index contributed by atoms with van der Waals surface area (Å²) in [4.78, 5) is 10.8. The summed E-state index contributed by atoms with van der Waals surface area (Å²) in [6.07, 6.45) is 0. The Balaban J connectivity index is 2.37. The van der Waals surface area contributed by atoms with E-state index in [1.54, 1.807) is 18.2 Å². The van der Waals surface area contributed by atoms with Crippen molar-refractivity contribution in [1.29, 1.82) is 0 Å². The van der Waals surface area contributed by atoms with Crippen LogP contribution in [-0.2, 0) is 0 Å². The Morgan fingerprint density at radius 2 is 1.80 bits per heavy atom. The lowest BCUT2D eigenvalue weighted by molar-refractivity contribution is 0.0697. The molecule has 0 radical (unpaired) electrons. The second-order valence-corrected chi connectivity index (χ2v) is 3.93. The zero-order valence-corrected chi connectivity index (χ0v) is 8.74. The molecule has 1 aromatic carbocycles. The molecule has 0 fully saturated rings. The van der Waals surface area contributed by atoms with Gasteiger partial charge in [0.1, 0.15) is 0 Å². The Labute approximate surface area is 88.3 Å². The molecule has 0 spiro atoms. The molecule has 2 atom stereocenters. The van der Waals surface area contributed by atoms with Crippen molar-refractivity contribution in [1.82, 2.24) is 0 Å². The molecular weight excluding hydrogens is 192 g/mol. The zero-order chi connectivity index (χ0) is 11.0. The number of carbonyl (C=O) groups is 1. The predicted octanol–water partition coefficient (Wildman–Crippen LogP) is 2.00. The summed E-state index contributed by atoms with van der Waals surface area (Å²) in [6.45, 7) is 4.15. The number of anilines is 2. The van der Waals surface area contributed by atoms with E-state index in [0.717, 1.165) is 11.4 Å². The average Bonchev–Trinajstić information content (AvgIpc) is 2.19. The minimum atomic E-state index is -0.897. The molecule has 0 bridgehead atoms. The topological polar surface area (TPSA) is 61.4 Å². The summed E-state index contributed by atoms with van der Waals surface area (Å²) in [6, 6.07) is 5.70. The second kappa shape index (κ2) is 3.46. The first kappa shape index (κ1) is 9.83. The van der Waals surface area contributed by atoms with Crippen molar-refractivity contribution in [3.8, 4) is 0 Å². The molecule has 0 aliphatic carbocycles. The molecule has 1 aromatic rings. The van der Waals surface area contributed by atoms with Gasteiger partial charge < -0.3 is 15.7 Å². The van der Waals surface area contributed by atoms with Gasteiger partial charge in [-0.1, -0.05) is 0 Å². The SMILES string of the molecule is C[C@@H]1Nc2cc(C(=O)O)ccc2N[C@@H]1C. The number of rotatable bonds is 1. The number of carboxylic acids is 1. The maximum absolute atomic E-state index is 10.8. The first-order chi connectivity index (χ1) is 7.08. The van der Waals surface area contributed by atoms with E-state index >= 15 is 0 Å². The Kier molecular flexibility index (Phi) is 2.26. The maximum atomic E-state index is 10.8. The lowest BCUT2D eigenvalue weighted by atomic mass is 10.0. The van der Waals surface area contributed by atoms with Crippen LogP contribution in [0.15, 0.2) is 18.2 Å². The summed E-state index contributed by atoms with van der Waals surface area (Å²) < 4.78 is 0. The molecule has 80 valence electrons. The van der Waals surface area contributed by atoms with Crippen LogP contribution in [0.4, 0.5) is 11.4 Å². The summed E-state index contributed by atoms with van der Waals surface area (Å²) >= 11 is 0. The van der Waals surface area contributed by atoms with Gasteiger partial charge in [-0.05, 0) is 32.0 Å². The third kappa shape index (κ3) is 1.75. The number of nitrogens with one attached hydrogen (secondary N) is 2. The molecule has 0 saturated carbocycles. The number of carboxylic acid groups (broad SMARTS) is 1. The van der Waals surface area contributed by atoms with Crippen molar-refractivity contribution < 1.29 is 9.90 Å². The summed E-state index contributed by atoms with van der Waals surface area (Å²) in [5.41, 5.74) is 2.14. The van der Waals surface area contributed by atoms with Crippen molar-refractivity contribution in [3.63, 3.8) is 0 Å². The van der Waals surface area contributed by atoms with Gasteiger partial charge in [0.2, 0.25) is 0 Å². The maximum Gasteiger partial charge on any atom is 0.335 e. The van der Waals surface area contributed by atoms with Crippen molar-refractivity contribution >= 4 is 17.3 Å². The van der Waals surface area contributed by atoms with Crippen LogP contribution in [0.1, 0.15) is 24.2 Å². The second-order valence-electron chi connectivity index (χ2n) is 3.93. The molecule has 4 nitrogen and oxygen atoms in total. The highest BCUT2D eigenvalue weighted by molar-refractivity contribution is 5.91. The van der Waals surface area contributed by atoms with E-state index in [0.29, 0.717) is 17.6 Å². The molecule has 1 aliphatic heterocycles. The number of benzene rings is 1. The lowest BCUT2D eigenvalue weighted by Gasteiger charge is -2.32. The number of fused-ring (bicyclic) bond motifs is 1. The molecule has 0 aromatic heterocycles. The Bertz CT molecular complexity index is 404. The van der Waals surface area contributed by atoms with Gasteiger partial charge in [0.15, 0.2) is 0 Å². The molecule has 1 aliphatic rings. The van der Waals surface area contributed by atoms with Crippen molar-refractivity contribution in [2.45, 2.75) is 25.9 Å². The van der Waals surface area contributed by atoms with E-state index < -0.39 is 5.97 Å². The minimum absolute atomic E-state index is 0.293. The molecule has 0 unspecified atom stereocenters. The Hall–Kier alpha value is -1.71. The van der Waals surface area contributed by atoms with Crippen LogP contribution in [0.3, 0.4) is 0 Å². The Morgan fingerprint density at radius 1 is 1.20 bits per heavy atom. The van der Waals surface area contributed by atoms with E-state index in [9.17, 15) is 4.79 Å². The monoisotopic (exact) mass is 206 g/mol. The van der Waals surface area contributed by atoms with Crippen LogP contribution in [0.2, 0.25) is 0 Å². The first-order valence-corrected chi connectivity index (χ1v) is 4.98. The molecule has 3 N–H and O–H groups in total. The number of hydrogen-bond acceptors (Lipinski definition) is 3. The molecule has 0 amide bonds. The highest BCUT2D eigenvalue weighted by atomic mass is 16.4. The van der Waals surface area contributed by atoms with E-state index in [1.165, 1.54) is 0 Å². The fourth-order valence-electron chi connectivity index (χ4n) is 1.66. The molecule has 2 rings (SSSR count). The van der Waals surface area contributed by atoms with Crippen LogP contribution in [0.25, 0.3) is 0 Å². The Morgan fingerprint density at radius 3 is 2.40 bits per heavy atom. The van der Waals surface area contributed by atoms with Crippen molar-refractivity contribution in [2.75, 3.05) is 10.6 Å². The van der Waals surface area contributed by atoms with Crippen molar-refractivity contribution in [2.24, 2.45) is 0 Å². The zero-order valence-electron chi connectivity index (χ0n) is 8.74. The molecule has 1 heterocycles. The third-order valence-corrected chi connectivity index (χ3v) is 2.78. The standard InChI is InChI=1S/C11H14N2O2/c1-6-7(2)13-10-5-8(11(14)15)3-4-9(10)12-6/h3-7,12-13H,1-2H3,(H,14,15)/t6-,7+/m1/s1. The minimum Gasteiger partial charge on any atom is -0.478 e. The first-order valence-electron chi connectivity index (χ1n) is 4.98. The molecule has 4 heteroatoms. The van der Waals surface area contributed by atoms with E-state index in [4.69, 9.17) is 5.11 Å². The van der Waals surface area contributed by atoms with Crippen molar-refractivity contribution in [3.05, 3.63) is 23.8 Å². The van der Waals surface area contributed by atoms with Crippen LogP contribution in [-0.4, -0.2) is 23.2 Å².